The van der Waals surface area contributed by atoms with Gasteiger partial charge in [-0.15, -0.1) is 0 Å². The van der Waals surface area contributed by atoms with Crippen molar-refractivity contribution < 1.29 is 19.8 Å². The highest BCUT2D eigenvalue weighted by Crippen LogP contribution is 2.28. The van der Waals surface area contributed by atoms with Gasteiger partial charge in [0.15, 0.2) is 0 Å². The van der Waals surface area contributed by atoms with Gasteiger partial charge in [0.05, 0.1) is 48.5 Å². The minimum atomic E-state index is -0.705. The van der Waals surface area contributed by atoms with Crippen LogP contribution in [0.2, 0.25) is 0 Å². The first-order chi connectivity index (χ1) is 14.7. The summed E-state index contributed by atoms with van der Waals surface area (Å²) in [7, 11) is 0. The van der Waals surface area contributed by atoms with Crippen molar-refractivity contribution in [3.63, 3.8) is 0 Å². The zero-order valence-electron chi connectivity index (χ0n) is 18.1. The quantitative estimate of drug-likeness (QED) is 0.589. The summed E-state index contributed by atoms with van der Waals surface area (Å²) < 4.78 is 0. The van der Waals surface area contributed by atoms with Crippen LogP contribution in [0.1, 0.15) is 19.4 Å². The Balaban J connectivity index is 0.000000176. The van der Waals surface area contributed by atoms with Crippen molar-refractivity contribution in [2.24, 2.45) is 10.8 Å². The van der Waals surface area contributed by atoms with Gasteiger partial charge in [-0.05, 0) is 50.6 Å². The molecule has 0 radical (unpaired) electrons. The van der Waals surface area contributed by atoms with Gasteiger partial charge in [0.1, 0.15) is 0 Å². The molecule has 0 saturated carbocycles. The molecule has 0 spiro atoms. The molecular weight excluding hydrogens is 396 g/mol. The smallest absolute Gasteiger partial charge is 0.248 e. The molecule has 8 heteroatoms. The summed E-state index contributed by atoms with van der Waals surface area (Å²) in [6.07, 6.45) is 0. The van der Waals surface area contributed by atoms with Crippen LogP contribution in [0.4, 0.5) is 11.4 Å². The molecule has 0 bridgehead atoms. The third-order valence-corrected chi connectivity index (χ3v) is 5.66. The number of amides is 2. The van der Waals surface area contributed by atoms with Gasteiger partial charge >= 0.3 is 0 Å². The second-order valence-electron chi connectivity index (χ2n) is 8.67. The molecule has 4 rings (SSSR count). The van der Waals surface area contributed by atoms with E-state index in [1.165, 1.54) is 0 Å². The molecular formula is C23H30N4O4. The van der Waals surface area contributed by atoms with Crippen molar-refractivity contribution in [1.29, 1.82) is 0 Å². The van der Waals surface area contributed by atoms with Gasteiger partial charge in [-0.2, -0.15) is 0 Å². The van der Waals surface area contributed by atoms with Crippen LogP contribution in [0.25, 0.3) is 0 Å². The molecule has 0 aromatic heterocycles. The Bertz CT molecular complexity index is 938. The summed E-state index contributed by atoms with van der Waals surface area (Å²) in [5.74, 6) is -0.259. The molecule has 8 nitrogen and oxygen atoms in total. The third kappa shape index (κ3) is 4.81. The normalized spacial score (nSPS) is 25.1. The number of aliphatic hydroxyl groups excluding tert-OH is 2. The van der Waals surface area contributed by atoms with E-state index in [0.29, 0.717) is 13.1 Å². The number of carbonyl (C=O) groups excluding carboxylic acids is 2. The number of hydrogen-bond acceptors (Lipinski definition) is 6. The molecule has 2 aliphatic rings. The van der Waals surface area contributed by atoms with E-state index in [0.717, 1.165) is 16.9 Å². The average Bonchev–Trinajstić information content (AvgIpc) is 3.26. The van der Waals surface area contributed by atoms with Crippen LogP contribution in [0, 0.1) is 17.8 Å². The van der Waals surface area contributed by atoms with Crippen molar-refractivity contribution >= 4 is 23.2 Å². The van der Waals surface area contributed by atoms with E-state index in [1.807, 2.05) is 61.5 Å². The summed E-state index contributed by atoms with van der Waals surface area (Å²) in [6.45, 7) is 6.23. The largest absolute Gasteiger partial charge is 0.395 e. The van der Waals surface area contributed by atoms with Gasteiger partial charge in [0.2, 0.25) is 11.8 Å². The van der Waals surface area contributed by atoms with Crippen molar-refractivity contribution in [2.75, 3.05) is 36.3 Å². The third-order valence-electron chi connectivity index (χ3n) is 5.66. The predicted octanol–water partition coefficient (Wildman–Crippen LogP) is 1.38. The van der Waals surface area contributed by atoms with Crippen LogP contribution < -0.4 is 20.9 Å². The number of nitrogens with one attached hydrogen (secondary N) is 2. The average molecular weight is 427 g/mol. The number of anilines is 2. The second kappa shape index (κ2) is 8.95. The molecule has 2 saturated heterocycles. The highest BCUT2D eigenvalue weighted by molar-refractivity contribution is 5.88. The topological polar surface area (TPSA) is 105 Å². The highest BCUT2D eigenvalue weighted by atomic mass is 16.3. The lowest BCUT2D eigenvalue weighted by Gasteiger charge is -2.20. The predicted molar refractivity (Wildman–Crippen MR) is 119 cm³/mol. The molecule has 2 unspecified atom stereocenters. The molecule has 0 aliphatic carbocycles. The Morgan fingerprint density at radius 3 is 1.74 bits per heavy atom. The van der Waals surface area contributed by atoms with Crippen LogP contribution >= 0.6 is 0 Å². The molecule has 166 valence electrons. The summed E-state index contributed by atoms with van der Waals surface area (Å²) in [6, 6.07) is 17.5. The molecule has 2 atom stereocenters. The van der Waals surface area contributed by atoms with Gasteiger partial charge in [0.25, 0.3) is 0 Å². The zero-order chi connectivity index (χ0) is 22.6. The van der Waals surface area contributed by atoms with Crippen LogP contribution in [0.15, 0.2) is 54.6 Å². The first-order valence-electron chi connectivity index (χ1n) is 10.2. The lowest BCUT2D eigenvalue weighted by molar-refractivity contribution is -0.128. The van der Waals surface area contributed by atoms with E-state index in [-0.39, 0.29) is 25.0 Å². The molecule has 2 fully saturated rings. The van der Waals surface area contributed by atoms with E-state index in [4.69, 9.17) is 0 Å². The van der Waals surface area contributed by atoms with Crippen LogP contribution in [-0.4, -0.2) is 48.3 Å². The summed E-state index contributed by atoms with van der Waals surface area (Å²) >= 11 is 0. The molecule has 4 N–H and O–H groups in total. The molecule has 2 amide bonds. The second-order valence-corrected chi connectivity index (χ2v) is 8.67. The minimum absolute atomic E-state index is 0.128. The molecule has 31 heavy (non-hydrogen) atoms. The number of hydrazine groups is 2. The van der Waals surface area contributed by atoms with Crippen molar-refractivity contribution in [2.45, 2.75) is 20.8 Å². The Hall–Kier alpha value is -3.10. The monoisotopic (exact) mass is 426 g/mol. The number of rotatable bonds is 4. The number of benzene rings is 2. The Morgan fingerprint density at radius 1 is 0.806 bits per heavy atom. The summed E-state index contributed by atoms with van der Waals surface area (Å²) in [4.78, 5) is 23.3. The lowest BCUT2D eigenvalue weighted by Crippen LogP contribution is -2.34. The van der Waals surface area contributed by atoms with E-state index in [1.54, 1.807) is 23.9 Å². The number of aliphatic hydroxyl groups is 2. The number of para-hydroxylation sites is 1. The highest BCUT2D eigenvalue weighted by Gasteiger charge is 2.42. The van der Waals surface area contributed by atoms with Gasteiger partial charge < -0.3 is 10.2 Å². The summed E-state index contributed by atoms with van der Waals surface area (Å²) in [5.41, 5.74) is 7.14. The van der Waals surface area contributed by atoms with Crippen LogP contribution in [-0.2, 0) is 9.59 Å². The Morgan fingerprint density at radius 2 is 1.29 bits per heavy atom. The van der Waals surface area contributed by atoms with E-state index >= 15 is 0 Å². The number of aryl methyl sites for hydroxylation is 1. The van der Waals surface area contributed by atoms with Gasteiger partial charge in [-0.3, -0.25) is 30.5 Å². The first kappa shape index (κ1) is 22.6. The molecule has 2 aliphatic heterocycles. The fourth-order valence-electron chi connectivity index (χ4n) is 3.39. The summed E-state index contributed by atoms with van der Waals surface area (Å²) in [5, 5.41) is 21.9. The Kier molecular flexibility index (Phi) is 6.52. The van der Waals surface area contributed by atoms with Crippen molar-refractivity contribution in [1.82, 2.24) is 10.9 Å². The van der Waals surface area contributed by atoms with Crippen molar-refractivity contribution in [3.05, 3.63) is 60.2 Å². The lowest BCUT2D eigenvalue weighted by atomic mass is 9.92. The Labute approximate surface area is 182 Å². The number of carbonyl (C=O) groups is 2. The SMILES string of the molecule is CC1(CO)CN(c2ccccc2)NC1=O.Cc1cccc(N2CC(C)(CO)C(=O)N2)c1. The fourth-order valence-corrected chi connectivity index (χ4v) is 3.39. The van der Waals surface area contributed by atoms with Crippen molar-refractivity contribution in [3.8, 4) is 0 Å². The number of nitrogens with zero attached hydrogens (tertiary/aromatic N) is 2. The van der Waals surface area contributed by atoms with Gasteiger partial charge in [0, 0.05) is 0 Å². The first-order valence-corrected chi connectivity index (χ1v) is 10.2. The molecule has 2 aromatic carbocycles. The van der Waals surface area contributed by atoms with Gasteiger partial charge in [-0.1, -0.05) is 30.3 Å². The minimum Gasteiger partial charge on any atom is -0.395 e. The van der Waals surface area contributed by atoms with Crippen LogP contribution in [0.3, 0.4) is 0 Å². The fraction of sp³-hybridized carbons (Fsp3) is 0.391. The van der Waals surface area contributed by atoms with Gasteiger partial charge in [-0.25, -0.2) is 0 Å². The maximum absolute atomic E-state index is 11.7. The van der Waals surface area contributed by atoms with E-state index < -0.39 is 10.8 Å². The van der Waals surface area contributed by atoms with Crippen LogP contribution in [0.5, 0.6) is 0 Å². The standard InChI is InChI=1S/C12H16N2O2.C11H14N2O2/c1-9-4-3-5-10(6-9)14-7-12(2,8-15)11(16)13-14;1-11(8-14)7-13(12-10(11)15)9-5-3-2-4-6-9/h3-6,15H,7-8H2,1-2H3,(H,13,16);2-6,14H,7-8H2,1H3,(H,12,15). The maximum atomic E-state index is 11.7. The zero-order valence-corrected chi connectivity index (χ0v) is 18.1. The maximum Gasteiger partial charge on any atom is 0.248 e. The molecule has 2 aromatic rings. The van der Waals surface area contributed by atoms with E-state index in [9.17, 15) is 19.8 Å². The number of hydrogen-bond donors (Lipinski definition) is 4. The van der Waals surface area contributed by atoms with E-state index in [2.05, 4.69) is 10.9 Å². The molecule has 2 heterocycles.